The fourth-order valence-corrected chi connectivity index (χ4v) is 11.8. The molecule has 0 fully saturated rings. The lowest BCUT2D eigenvalue weighted by molar-refractivity contribution is -0.161. The van der Waals surface area contributed by atoms with E-state index in [0.717, 1.165) is 127 Å². The molecule has 0 rings (SSSR count). The summed E-state index contributed by atoms with van der Waals surface area (Å²) in [7, 11) is -9.91. The quantitative estimate of drug-likeness (QED) is 0.0169. The van der Waals surface area contributed by atoms with Crippen LogP contribution in [-0.2, 0) is 65.4 Å². The van der Waals surface area contributed by atoms with Gasteiger partial charge in [0.05, 0.1) is 26.4 Å². The number of ether oxygens (including phenoxy) is 4. The van der Waals surface area contributed by atoms with E-state index < -0.39 is 97.5 Å². The number of esters is 4. The van der Waals surface area contributed by atoms with Gasteiger partial charge in [-0.15, -0.1) is 0 Å². The summed E-state index contributed by atoms with van der Waals surface area (Å²) in [6, 6.07) is 0. The zero-order valence-corrected chi connectivity index (χ0v) is 59.7. The lowest BCUT2D eigenvalue weighted by Crippen LogP contribution is -2.30. The van der Waals surface area contributed by atoms with Crippen molar-refractivity contribution in [2.45, 2.75) is 355 Å². The van der Waals surface area contributed by atoms with E-state index in [4.69, 9.17) is 37.0 Å². The molecule has 0 spiro atoms. The van der Waals surface area contributed by atoms with Crippen LogP contribution in [0.3, 0.4) is 0 Å². The van der Waals surface area contributed by atoms with Crippen molar-refractivity contribution < 1.29 is 80.2 Å². The SMILES string of the molecule is CCCCCC/C=C\C=C/CCCCCCCC(=O)O[C@H](COC(=O)CCCCCCCCCCCCCC(C)C)COP(=O)(O)OC[C@@H](O)COP(=O)(O)OC[C@@H](COC(=O)CCCCCCCCC)OC(=O)CCCCCCCCCCCCCC(C)C. The Morgan fingerprint density at radius 2 is 0.600 bits per heavy atom. The van der Waals surface area contributed by atoms with Crippen LogP contribution in [0.4, 0.5) is 0 Å². The second-order valence-corrected chi connectivity index (χ2v) is 28.8. The maximum atomic E-state index is 13.0. The molecule has 0 aliphatic carbocycles. The molecule has 0 aliphatic heterocycles. The van der Waals surface area contributed by atoms with Gasteiger partial charge in [-0.25, -0.2) is 9.13 Å². The summed E-state index contributed by atoms with van der Waals surface area (Å²) in [5.74, 6) is -0.625. The van der Waals surface area contributed by atoms with Crippen molar-refractivity contribution >= 4 is 39.5 Å². The first-order valence-corrected chi connectivity index (χ1v) is 39.3. The average molecular weight is 1320 g/mol. The van der Waals surface area contributed by atoms with Crippen LogP contribution in [0.2, 0.25) is 0 Å². The number of hydrogen-bond donors (Lipinski definition) is 3. The van der Waals surface area contributed by atoms with Crippen molar-refractivity contribution in [2.75, 3.05) is 39.6 Å². The number of aliphatic hydroxyl groups excluding tert-OH is 1. The molecule has 2 unspecified atom stereocenters. The molecule has 0 bridgehead atoms. The van der Waals surface area contributed by atoms with Gasteiger partial charge in [-0.05, 0) is 63.2 Å². The number of rotatable bonds is 68. The molecule has 530 valence electrons. The lowest BCUT2D eigenvalue weighted by Gasteiger charge is -2.21. The van der Waals surface area contributed by atoms with Crippen molar-refractivity contribution in [3.8, 4) is 0 Å². The summed E-state index contributed by atoms with van der Waals surface area (Å²) in [4.78, 5) is 72.4. The second-order valence-electron chi connectivity index (χ2n) is 25.9. The molecule has 0 radical (unpaired) electrons. The van der Waals surface area contributed by atoms with E-state index in [1.165, 1.54) is 128 Å². The number of phosphoric acid groups is 2. The van der Waals surface area contributed by atoms with Crippen LogP contribution in [0.25, 0.3) is 0 Å². The molecule has 0 amide bonds. The van der Waals surface area contributed by atoms with Gasteiger partial charge in [0.2, 0.25) is 0 Å². The third-order valence-electron chi connectivity index (χ3n) is 15.8. The Kier molecular flexibility index (Phi) is 60.9. The van der Waals surface area contributed by atoms with Gasteiger partial charge in [0.25, 0.3) is 0 Å². The highest BCUT2D eigenvalue weighted by Crippen LogP contribution is 2.45. The summed E-state index contributed by atoms with van der Waals surface area (Å²) in [5, 5.41) is 10.6. The summed E-state index contributed by atoms with van der Waals surface area (Å²) >= 11 is 0. The van der Waals surface area contributed by atoms with Crippen LogP contribution >= 0.6 is 15.6 Å². The predicted molar refractivity (Wildman–Crippen MR) is 363 cm³/mol. The van der Waals surface area contributed by atoms with Crippen molar-refractivity contribution in [1.82, 2.24) is 0 Å². The minimum Gasteiger partial charge on any atom is -0.462 e. The molecular weight excluding hydrogens is 1190 g/mol. The monoisotopic (exact) mass is 1320 g/mol. The van der Waals surface area contributed by atoms with Gasteiger partial charge < -0.3 is 33.8 Å². The molecule has 17 nitrogen and oxygen atoms in total. The molecule has 19 heteroatoms. The number of allylic oxidation sites excluding steroid dienone is 4. The third-order valence-corrected chi connectivity index (χ3v) is 17.7. The Morgan fingerprint density at radius 1 is 0.344 bits per heavy atom. The van der Waals surface area contributed by atoms with Gasteiger partial charge in [0, 0.05) is 25.7 Å². The zero-order valence-electron chi connectivity index (χ0n) is 57.9. The standard InChI is InChI=1S/C71H134O17P2/c1-7-9-11-13-15-16-17-18-19-20-25-31-37-43-49-55-70(75)88-67(60-82-69(74)54-48-42-36-30-26-21-23-28-34-39-45-51-63(3)4)62-86-90(79,80)84-58-65(72)57-83-89(77,78)85-61-66(59-81-68(73)53-47-41-33-14-12-10-8-2)87-71(76)56-50-44-38-32-27-22-24-29-35-40-46-52-64(5)6/h16-19,63-67,72H,7-15,20-62H2,1-6H3,(H,77,78)(H,79,80)/b17-16-,19-18-/t65-,66+,67+/m0/s1. The maximum Gasteiger partial charge on any atom is 0.472 e. The highest BCUT2D eigenvalue weighted by Gasteiger charge is 2.30. The van der Waals surface area contributed by atoms with E-state index in [-0.39, 0.29) is 25.7 Å². The van der Waals surface area contributed by atoms with Crippen molar-refractivity contribution in [3.63, 3.8) is 0 Å². The Hall–Kier alpha value is -2.46. The smallest absolute Gasteiger partial charge is 0.462 e. The van der Waals surface area contributed by atoms with Gasteiger partial charge in [-0.3, -0.25) is 37.3 Å². The van der Waals surface area contributed by atoms with Gasteiger partial charge in [-0.1, -0.05) is 284 Å². The third kappa shape index (κ3) is 64.3. The molecule has 0 aromatic carbocycles. The van der Waals surface area contributed by atoms with Crippen LogP contribution in [0.15, 0.2) is 24.3 Å². The minimum atomic E-state index is -4.96. The van der Waals surface area contributed by atoms with E-state index in [9.17, 15) is 43.2 Å². The largest absolute Gasteiger partial charge is 0.472 e. The highest BCUT2D eigenvalue weighted by molar-refractivity contribution is 7.47. The fourth-order valence-electron chi connectivity index (χ4n) is 10.2. The molecule has 0 aliphatic rings. The Balaban J connectivity index is 5.25. The van der Waals surface area contributed by atoms with Crippen LogP contribution in [0, 0.1) is 11.8 Å². The molecule has 3 N–H and O–H groups in total. The first-order chi connectivity index (χ1) is 43.4. The summed E-state index contributed by atoms with van der Waals surface area (Å²) < 4.78 is 68.2. The van der Waals surface area contributed by atoms with Crippen molar-refractivity contribution in [3.05, 3.63) is 24.3 Å². The molecular formula is C71H134O17P2. The maximum absolute atomic E-state index is 13.0. The number of aliphatic hydroxyl groups is 1. The molecule has 0 aromatic rings. The van der Waals surface area contributed by atoms with Crippen LogP contribution in [-0.4, -0.2) is 96.7 Å². The van der Waals surface area contributed by atoms with E-state index in [1.54, 1.807) is 0 Å². The highest BCUT2D eigenvalue weighted by atomic mass is 31.2. The fraction of sp³-hybridized carbons (Fsp3) is 0.887. The zero-order chi connectivity index (χ0) is 66.5. The summed E-state index contributed by atoms with van der Waals surface area (Å²) in [6.07, 6.45) is 50.8. The van der Waals surface area contributed by atoms with Crippen molar-refractivity contribution in [1.29, 1.82) is 0 Å². The van der Waals surface area contributed by atoms with Crippen LogP contribution in [0.1, 0.15) is 337 Å². The molecule has 0 aromatic heterocycles. The second kappa shape index (κ2) is 62.6. The van der Waals surface area contributed by atoms with Crippen LogP contribution in [0.5, 0.6) is 0 Å². The summed E-state index contributed by atoms with van der Waals surface area (Å²) in [6.45, 7) is 9.45. The van der Waals surface area contributed by atoms with Crippen molar-refractivity contribution in [2.24, 2.45) is 11.8 Å². The van der Waals surface area contributed by atoms with Gasteiger partial charge >= 0.3 is 39.5 Å². The Bertz CT molecular complexity index is 1850. The molecule has 0 heterocycles. The van der Waals surface area contributed by atoms with E-state index in [2.05, 4.69) is 65.8 Å². The molecule has 0 saturated heterocycles. The van der Waals surface area contributed by atoms with E-state index >= 15 is 0 Å². The first kappa shape index (κ1) is 87.5. The Labute approximate surface area is 548 Å². The normalized spacial score (nSPS) is 14.3. The van der Waals surface area contributed by atoms with Gasteiger partial charge in [0.1, 0.15) is 19.3 Å². The molecule has 0 saturated carbocycles. The number of unbranched alkanes of at least 4 members (excludes halogenated alkanes) is 35. The lowest BCUT2D eigenvalue weighted by atomic mass is 10.0. The van der Waals surface area contributed by atoms with Crippen LogP contribution < -0.4 is 0 Å². The van der Waals surface area contributed by atoms with E-state index in [0.29, 0.717) is 25.7 Å². The molecule has 90 heavy (non-hydrogen) atoms. The predicted octanol–water partition coefficient (Wildman–Crippen LogP) is 19.9. The topological polar surface area (TPSA) is 237 Å². The minimum absolute atomic E-state index is 0.0848. The Morgan fingerprint density at radius 3 is 0.911 bits per heavy atom. The first-order valence-electron chi connectivity index (χ1n) is 36.3. The number of phosphoric ester groups is 2. The van der Waals surface area contributed by atoms with Gasteiger partial charge in [-0.2, -0.15) is 0 Å². The number of carbonyl (C=O) groups is 4. The van der Waals surface area contributed by atoms with E-state index in [1.807, 2.05) is 0 Å². The molecule has 5 atom stereocenters. The number of carbonyl (C=O) groups excluding carboxylic acids is 4. The average Bonchev–Trinajstić information content (AvgIpc) is 3.12. The van der Waals surface area contributed by atoms with Gasteiger partial charge in [0.15, 0.2) is 12.2 Å². The number of hydrogen-bond acceptors (Lipinski definition) is 15. The summed E-state index contributed by atoms with van der Waals surface area (Å²) in [5.41, 5.74) is 0.